The van der Waals surface area contributed by atoms with Crippen LogP contribution in [0.5, 0.6) is 5.75 Å². The molecular formula is C26H27FN6O2. The Bertz CT molecular complexity index is 1350. The summed E-state index contributed by atoms with van der Waals surface area (Å²) < 4.78 is 20.9. The van der Waals surface area contributed by atoms with E-state index in [9.17, 15) is 9.18 Å². The van der Waals surface area contributed by atoms with Crippen LogP contribution in [0.2, 0.25) is 0 Å². The molecule has 0 unspecified atom stereocenters. The topological polar surface area (TPSA) is 85.2 Å². The number of fused-ring (bicyclic) bond motifs is 2. The van der Waals surface area contributed by atoms with Crippen LogP contribution in [0.25, 0.3) is 10.9 Å². The van der Waals surface area contributed by atoms with Gasteiger partial charge in [0.25, 0.3) is 0 Å². The van der Waals surface area contributed by atoms with Crippen LogP contribution >= 0.6 is 0 Å². The van der Waals surface area contributed by atoms with Gasteiger partial charge in [-0.1, -0.05) is 30.3 Å². The van der Waals surface area contributed by atoms with Crippen molar-refractivity contribution in [3.63, 3.8) is 0 Å². The first-order valence-corrected chi connectivity index (χ1v) is 11.7. The van der Waals surface area contributed by atoms with Crippen LogP contribution in [-0.2, 0) is 37.3 Å². The molecule has 1 aliphatic rings. The van der Waals surface area contributed by atoms with Gasteiger partial charge in [0.05, 0.1) is 25.8 Å². The van der Waals surface area contributed by atoms with Crippen molar-refractivity contribution in [2.75, 3.05) is 20.2 Å². The smallest absolute Gasteiger partial charge is 0.224 e. The van der Waals surface area contributed by atoms with Crippen LogP contribution in [-0.4, -0.2) is 50.8 Å². The molecule has 0 radical (unpaired) electrons. The average Bonchev–Trinajstić information content (AvgIpc) is 3.14. The molecule has 0 spiro atoms. The predicted molar refractivity (Wildman–Crippen MR) is 129 cm³/mol. The Kier molecular flexibility index (Phi) is 6.67. The van der Waals surface area contributed by atoms with Crippen molar-refractivity contribution in [1.29, 1.82) is 0 Å². The van der Waals surface area contributed by atoms with Gasteiger partial charge in [0, 0.05) is 38.0 Å². The summed E-state index contributed by atoms with van der Waals surface area (Å²) >= 11 is 0. The maximum absolute atomic E-state index is 13.4. The first kappa shape index (κ1) is 22.9. The second-order valence-electron chi connectivity index (χ2n) is 8.63. The first-order chi connectivity index (χ1) is 17.1. The summed E-state index contributed by atoms with van der Waals surface area (Å²) in [4.78, 5) is 19.5. The molecule has 0 bridgehead atoms. The van der Waals surface area contributed by atoms with Gasteiger partial charge in [-0.2, -0.15) is 0 Å². The molecule has 180 valence electrons. The minimum atomic E-state index is -0.347. The van der Waals surface area contributed by atoms with Gasteiger partial charge in [0.1, 0.15) is 22.9 Å². The minimum absolute atomic E-state index is 0.121. The normalized spacial score (nSPS) is 13.9. The molecule has 2 aromatic heterocycles. The molecule has 5 rings (SSSR count). The molecule has 8 nitrogen and oxygen atoms in total. The summed E-state index contributed by atoms with van der Waals surface area (Å²) in [6.45, 7) is 3.41. The zero-order valence-electron chi connectivity index (χ0n) is 19.6. The highest BCUT2D eigenvalue weighted by Crippen LogP contribution is 2.24. The number of aromatic nitrogens is 4. The van der Waals surface area contributed by atoms with Crippen molar-refractivity contribution in [2.45, 2.75) is 32.5 Å². The summed E-state index contributed by atoms with van der Waals surface area (Å²) in [6.07, 6.45) is 0.886. The van der Waals surface area contributed by atoms with E-state index >= 15 is 0 Å². The first-order valence-electron chi connectivity index (χ1n) is 11.7. The second-order valence-corrected chi connectivity index (χ2v) is 8.63. The summed E-state index contributed by atoms with van der Waals surface area (Å²) in [5.74, 6) is 1.88. The molecule has 3 heterocycles. The van der Waals surface area contributed by atoms with E-state index in [0.29, 0.717) is 5.56 Å². The number of hydrogen-bond donors (Lipinski definition) is 1. The molecule has 1 N–H and O–H groups in total. The molecule has 1 amide bonds. The van der Waals surface area contributed by atoms with E-state index in [4.69, 9.17) is 9.72 Å². The molecule has 0 saturated heterocycles. The number of rotatable bonds is 7. The summed E-state index contributed by atoms with van der Waals surface area (Å²) in [7, 11) is 1.66. The van der Waals surface area contributed by atoms with Gasteiger partial charge in [0.2, 0.25) is 5.91 Å². The molecule has 2 aromatic carbocycles. The van der Waals surface area contributed by atoms with Crippen LogP contribution in [0, 0.1) is 5.82 Å². The maximum Gasteiger partial charge on any atom is 0.224 e. The van der Waals surface area contributed by atoms with Crippen LogP contribution in [0.15, 0.2) is 54.6 Å². The molecule has 4 aromatic rings. The number of nitrogens with zero attached hydrogens (tertiary/aromatic N) is 5. The Labute approximate surface area is 202 Å². The Hall–Kier alpha value is -3.85. The molecular weight excluding hydrogens is 447 g/mol. The molecule has 9 heteroatoms. The fraction of sp³-hybridized carbons (Fsp3) is 0.308. The second kappa shape index (κ2) is 10.2. The highest BCUT2D eigenvalue weighted by molar-refractivity contribution is 5.84. The quantitative estimate of drug-likeness (QED) is 0.443. The number of methoxy groups -OCH3 is 1. The molecule has 35 heavy (non-hydrogen) atoms. The van der Waals surface area contributed by atoms with Crippen molar-refractivity contribution in [3.05, 3.63) is 83.3 Å². The van der Waals surface area contributed by atoms with Crippen molar-refractivity contribution < 1.29 is 13.9 Å². The Morgan fingerprint density at radius 3 is 2.83 bits per heavy atom. The molecule has 1 aliphatic heterocycles. The zero-order valence-corrected chi connectivity index (χ0v) is 19.6. The molecule has 0 fully saturated rings. The number of hydrogen-bond acceptors (Lipinski definition) is 6. The number of carbonyl (C=O) groups excluding carboxylic acids is 1. The third-order valence-electron chi connectivity index (χ3n) is 6.24. The van der Waals surface area contributed by atoms with Crippen molar-refractivity contribution >= 4 is 16.8 Å². The van der Waals surface area contributed by atoms with E-state index in [0.717, 1.165) is 66.6 Å². The number of benzene rings is 2. The number of halogens is 1. The van der Waals surface area contributed by atoms with Gasteiger partial charge in [0.15, 0.2) is 5.82 Å². The fourth-order valence-corrected chi connectivity index (χ4v) is 4.43. The third-order valence-corrected chi connectivity index (χ3v) is 6.24. The van der Waals surface area contributed by atoms with E-state index in [2.05, 4.69) is 37.1 Å². The number of para-hydroxylation sites is 1. The van der Waals surface area contributed by atoms with Crippen LogP contribution in [0.1, 0.15) is 22.9 Å². The lowest BCUT2D eigenvalue weighted by Crippen LogP contribution is -2.28. The highest BCUT2D eigenvalue weighted by Gasteiger charge is 2.20. The Balaban J connectivity index is 1.20. The van der Waals surface area contributed by atoms with Gasteiger partial charge < -0.3 is 14.6 Å². The fourth-order valence-electron chi connectivity index (χ4n) is 4.43. The number of ether oxygens (including phenoxy) is 1. The number of carbonyl (C=O) groups is 1. The van der Waals surface area contributed by atoms with Gasteiger partial charge in [-0.25, -0.2) is 9.37 Å². The lowest BCUT2D eigenvalue weighted by molar-refractivity contribution is -0.120. The lowest BCUT2D eigenvalue weighted by Gasteiger charge is -2.19. The number of amides is 1. The van der Waals surface area contributed by atoms with Crippen LogP contribution in [0.3, 0.4) is 0 Å². The standard InChI is InChI=1S/C26H27FN6O2/c1-35-22-7-3-5-19-8-9-21(29-26(19)22)17-32-11-10-23-30-31-24(33(23)13-12-32)16-28-25(34)15-18-4-2-6-20(27)14-18/h2-9,14H,10-13,15-17H2,1H3,(H,28,34). The third kappa shape index (κ3) is 5.30. The Morgan fingerprint density at radius 1 is 1.09 bits per heavy atom. The Morgan fingerprint density at radius 2 is 1.97 bits per heavy atom. The van der Waals surface area contributed by atoms with Gasteiger partial charge in [-0.3, -0.25) is 9.69 Å². The van der Waals surface area contributed by atoms with Crippen LogP contribution in [0.4, 0.5) is 4.39 Å². The monoisotopic (exact) mass is 474 g/mol. The van der Waals surface area contributed by atoms with E-state index in [-0.39, 0.29) is 24.7 Å². The molecule has 0 aliphatic carbocycles. The minimum Gasteiger partial charge on any atom is -0.494 e. The van der Waals surface area contributed by atoms with Crippen molar-refractivity contribution in [1.82, 2.24) is 30.0 Å². The summed E-state index contributed by atoms with van der Waals surface area (Å²) in [6, 6.07) is 16.1. The number of pyridine rings is 1. The summed E-state index contributed by atoms with van der Waals surface area (Å²) in [5, 5.41) is 12.6. The highest BCUT2D eigenvalue weighted by atomic mass is 19.1. The zero-order chi connectivity index (χ0) is 24.2. The van der Waals surface area contributed by atoms with Crippen molar-refractivity contribution in [2.24, 2.45) is 0 Å². The van der Waals surface area contributed by atoms with Gasteiger partial charge in [-0.05, 0) is 29.8 Å². The van der Waals surface area contributed by atoms with Gasteiger partial charge >= 0.3 is 0 Å². The lowest BCUT2D eigenvalue weighted by atomic mass is 10.1. The largest absolute Gasteiger partial charge is 0.494 e. The van der Waals surface area contributed by atoms with Crippen molar-refractivity contribution in [3.8, 4) is 5.75 Å². The van der Waals surface area contributed by atoms with E-state index < -0.39 is 0 Å². The van der Waals surface area contributed by atoms with Gasteiger partial charge in [-0.15, -0.1) is 10.2 Å². The van der Waals surface area contributed by atoms with Crippen LogP contribution < -0.4 is 10.1 Å². The maximum atomic E-state index is 13.4. The predicted octanol–water partition coefficient (Wildman–Crippen LogP) is 2.89. The summed E-state index contributed by atoms with van der Waals surface area (Å²) in [5.41, 5.74) is 2.50. The van der Waals surface area contributed by atoms with E-state index in [1.54, 1.807) is 19.2 Å². The van der Waals surface area contributed by atoms with E-state index in [1.165, 1.54) is 12.1 Å². The number of nitrogens with one attached hydrogen (secondary N) is 1. The van der Waals surface area contributed by atoms with E-state index in [1.807, 2.05) is 18.2 Å². The molecule has 0 saturated carbocycles. The molecule has 0 atom stereocenters. The SMILES string of the molecule is COc1cccc2ccc(CN3CCc4nnc(CNC(=O)Cc5cccc(F)c5)n4CC3)nc12. The average molecular weight is 475 g/mol.